The fourth-order valence-corrected chi connectivity index (χ4v) is 1.30. The van der Waals surface area contributed by atoms with Gasteiger partial charge in [-0.3, -0.25) is 0 Å². The molecule has 2 heterocycles. The van der Waals surface area contributed by atoms with Crippen LogP contribution < -0.4 is 0 Å². The molecule has 0 bridgehead atoms. The van der Waals surface area contributed by atoms with E-state index in [9.17, 15) is 0 Å². The molecular formula is C11H11N3. The number of nitrogens with zero attached hydrogens (tertiary/aromatic N) is 2. The molecule has 14 heavy (non-hydrogen) atoms. The zero-order valence-corrected chi connectivity index (χ0v) is 7.99. The number of pyridine rings is 1. The molecule has 2 rings (SSSR count). The minimum absolute atomic E-state index is 0.738. The van der Waals surface area contributed by atoms with Crippen LogP contribution in [0.1, 0.15) is 12.5 Å². The molecule has 1 N–H and O–H groups in total. The van der Waals surface area contributed by atoms with Crippen molar-refractivity contribution in [1.82, 2.24) is 15.0 Å². The molecule has 0 fully saturated rings. The highest BCUT2D eigenvalue weighted by Gasteiger charge is 2.00. The first-order valence-corrected chi connectivity index (χ1v) is 4.42. The standard InChI is InChI=1S/C11H11N3/c1-3-4-8(2)9-5-10-11(12-6-9)14-7-13-10/h3-7H,2H2,1H3,(H,12,13,14)/b4-3-. The van der Waals surface area contributed by atoms with Gasteiger partial charge in [-0.1, -0.05) is 18.7 Å². The molecule has 0 radical (unpaired) electrons. The lowest BCUT2D eigenvalue weighted by Crippen LogP contribution is -1.83. The smallest absolute Gasteiger partial charge is 0.177 e. The summed E-state index contributed by atoms with van der Waals surface area (Å²) >= 11 is 0. The van der Waals surface area contributed by atoms with Gasteiger partial charge in [0.2, 0.25) is 0 Å². The van der Waals surface area contributed by atoms with E-state index < -0.39 is 0 Å². The van der Waals surface area contributed by atoms with E-state index in [1.165, 1.54) is 0 Å². The van der Waals surface area contributed by atoms with Crippen LogP contribution in [-0.4, -0.2) is 15.0 Å². The summed E-state index contributed by atoms with van der Waals surface area (Å²) in [6, 6.07) is 2.00. The lowest BCUT2D eigenvalue weighted by Gasteiger charge is -1.98. The number of fused-ring (bicyclic) bond motifs is 1. The predicted octanol–water partition coefficient (Wildman–Crippen LogP) is 2.55. The normalized spacial score (nSPS) is 11.2. The number of H-pyrrole nitrogens is 1. The number of nitrogens with one attached hydrogen (secondary N) is 1. The van der Waals surface area contributed by atoms with Crippen LogP contribution >= 0.6 is 0 Å². The third kappa shape index (κ3) is 1.44. The second-order valence-corrected chi connectivity index (χ2v) is 3.02. The Kier molecular flexibility index (Phi) is 2.14. The predicted molar refractivity (Wildman–Crippen MR) is 57.7 cm³/mol. The number of aromatic nitrogens is 3. The van der Waals surface area contributed by atoms with Crippen molar-refractivity contribution in [2.45, 2.75) is 6.92 Å². The molecule has 0 aliphatic heterocycles. The summed E-state index contributed by atoms with van der Waals surface area (Å²) in [5.41, 5.74) is 3.64. The molecule has 70 valence electrons. The summed E-state index contributed by atoms with van der Waals surface area (Å²) in [6.07, 6.45) is 7.34. The van der Waals surface area contributed by atoms with Crippen LogP contribution in [0.3, 0.4) is 0 Å². The average Bonchev–Trinajstić information content (AvgIpc) is 2.64. The molecular weight excluding hydrogens is 174 g/mol. The van der Waals surface area contributed by atoms with E-state index in [4.69, 9.17) is 0 Å². The molecule has 0 aliphatic carbocycles. The van der Waals surface area contributed by atoms with Gasteiger partial charge in [0, 0.05) is 11.8 Å². The van der Waals surface area contributed by atoms with Gasteiger partial charge in [-0.05, 0) is 18.6 Å². The maximum absolute atomic E-state index is 4.21. The van der Waals surface area contributed by atoms with Gasteiger partial charge in [0.25, 0.3) is 0 Å². The summed E-state index contributed by atoms with van der Waals surface area (Å²) in [5.74, 6) is 0. The van der Waals surface area contributed by atoms with E-state index in [1.54, 1.807) is 12.5 Å². The van der Waals surface area contributed by atoms with E-state index in [1.807, 2.05) is 25.1 Å². The molecule has 3 heteroatoms. The summed E-state index contributed by atoms with van der Waals surface area (Å²) in [7, 11) is 0. The molecule has 2 aromatic rings. The molecule has 0 atom stereocenters. The van der Waals surface area contributed by atoms with Crippen LogP contribution in [0.25, 0.3) is 16.7 Å². The molecule has 0 aromatic carbocycles. The van der Waals surface area contributed by atoms with Gasteiger partial charge in [0.15, 0.2) is 5.65 Å². The van der Waals surface area contributed by atoms with Crippen molar-refractivity contribution in [3.63, 3.8) is 0 Å². The first-order valence-electron chi connectivity index (χ1n) is 4.42. The summed E-state index contributed by atoms with van der Waals surface area (Å²) in [5, 5.41) is 0. The lowest BCUT2D eigenvalue weighted by molar-refractivity contribution is 1.30. The van der Waals surface area contributed by atoms with E-state index in [0.29, 0.717) is 0 Å². The Bertz CT molecular complexity index is 494. The molecule has 0 spiro atoms. The molecule has 3 nitrogen and oxygen atoms in total. The minimum atomic E-state index is 0.738. The van der Waals surface area contributed by atoms with Gasteiger partial charge < -0.3 is 4.98 Å². The maximum Gasteiger partial charge on any atom is 0.177 e. The van der Waals surface area contributed by atoms with Crippen LogP contribution in [0, 0.1) is 0 Å². The van der Waals surface area contributed by atoms with Gasteiger partial charge in [-0.25, -0.2) is 9.97 Å². The highest BCUT2D eigenvalue weighted by atomic mass is 14.9. The van der Waals surface area contributed by atoms with Gasteiger partial charge in [0.05, 0.1) is 11.8 Å². The highest BCUT2D eigenvalue weighted by Crippen LogP contribution is 2.16. The minimum Gasteiger partial charge on any atom is -0.343 e. The second kappa shape index (κ2) is 3.46. The Labute approximate surface area is 82.2 Å². The Hall–Kier alpha value is -1.90. The average molecular weight is 185 g/mol. The summed E-state index contributed by atoms with van der Waals surface area (Å²) in [4.78, 5) is 11.3. The molecule has 2 aromatic heterocycles. The lowest BCUT2D eigenvalue weighted by atomic mass is 10.1. The SMILES string of the molecule is C=C(/C=C\C)c1cnc2nc[nH]c2c1. The summed E-state index contributed by atoms with van der Waals surface area (Å²) in [6.45, 7) is 5.91. The third-order valence-electron chi connectivity index (χ3n) is 2.01. The van der Waals surface area contributed by atoms with E-state index in [0.717, 1.165) is 22.3 Å². The van der Waals surface area contributed by atoms with Crippen molar-refractivity contribution in [1.29, 1.82) is 0 Å². The van der Waals surface area contributed by atoms with Gasteiger partial charge in [0.1, 0.15) is 0 Å². The first kappa shape index (κ1) is 8.69. The third-order valence-corrected chi connectivity index (χ3v) is 2.01. The number of allylic oxidation sites excluding steroid dienone is 3. The van der Waals surface area contributed by atoms with Crippen LogP contribution in [-0.2, 0) is 0 Å². The number of aromatic amines is 1. The largest absolute Gasteiger partial charge is 0.343 e. The van der Waals surface area contributed by atoms with Crippen molar-refractivity contribution in [3.05, 3.63) is 42.9 Å². The van der Waals surface area contributed by atoms with Crippen LogP contribution in [0.5, 0.6) is 0 Å². The van der Waals surface area contributed by atoms with Crippen molar-refractivity contribution in [2.75, 3.05) is 0 Å². The van der Waals surface area contributed by atoms with Crippen molar-refractivity contribution < 1.29 is 0 Å². The van der Waals surface area contributed by atoms with E-state index >= 15 is 0 Å². The van der Waals surface area contributed by atoms with E-state index in [-0.39, 0.29) is 0 Å². The molecule has 0 unspecified atom stereocenters. The highest BCUT2D eigenvalue weighted by molar-refractivity contribution is 5.79. The zero-order valence-electron chi connectivity index (χ0n) is 7.99. The van der Waals surface area contributed by atoms with Crippen LogP contribution in [0.15, 0.2) is 37.3 Å². The Morgan fingerprint density at radius 2 is 2.36 bits per heavy atom. The topological polar surface area (TPSA) is 41.6 Å². The number of rotatable bonds is 2. The number of imidazole rings is 1. The van der Waals surface area contributed by atoms with Crippen molar-refractivity contribution in [2.24, 2.45) is 0 Å². The molecule has 0 aliphatic rings. The number of hydrogen-bond donors (Lipinski definition) is 1. The van der Waals surface area contributed by atoms with Crippen LogP contribution in [0.4, 0.5) is 0 Å². The second-order valence-electron chi connectivity index (χ2n) is 3.02. The molecule has 0 saturated heterocycles. The quantitative estimate of drug-likeness (QED) is 0.730. The Morgan fingerprint density at radius 3 is 3.14 bits per heavy atom. The Morgan fingerprint density at radius 1 is 1.50 bits per heavy atom. The summed E-state index contributed by atoms with van der Waals surface area (Å²) < 4.78 is 0. The fraction of sp³-hybridized carbons (Fsp3) is 0.0909. The van der Waals surface area contributed by atoms with Crippen molar-refractivity contribution >= 4 is 16.7 Å². The van der Waals surface area contributed by atoms with Gasteiger partial charge in [-0.2, -0.15) is 0 Å². The van der Waals surface area contributed by atoms with Gasteiger partial charge in [-0.15, -0.1) is 0 Å². The first-order chi connectivity index (χ1) is 6.81. The van der Waals surface area contributed by atoms with Crippen LogP contribution in [0.2, 0.25) is 0 Å². The molecule has 0 saturated carbocycles. The fourth-order valence-electron chi connectivity index (χ4n) is 1.30. The van der Waals surface area contributed by atoms with E-state index in [2.05, 4.69) is 21.5 Å². The van der Waals surface area contributed by atoms with Crippen molar-refractivity contribution in [3.8, 4) is 0 Å². The monoisotopic (exact) mass is 185 g/mol. The number of hydrogen-bond acceptors (Lipinski definition) is 2. The Balaban J connectivity index is 2.48. The van der Waals surface area contributed by atoms with Gasteiger partial charge >= 0.3 is 0 Å². The maximum atomic E-state index is 4.21. The molecule has 0 amide bonds. The zero-order chi connectivity index (χ0) is 9.97.